The Morgan fingerprint density at radius 1 is 1.16 bits per heavy atom. The number of hydrogen-bond donors (Lipinski definition) is 0. The minimum atomic E-state index is -0.414. The molecule has 160 valence electrons. The molecule has 0 fully saturated rings. The highest BCUT2D eigenvalue weighted by Crippen LogP contribution is 2.37. The third kappa shape index (κ3) is 4.94. The van der Waals surface area contributed by atoms with Crippen LogP contribution in [0.2, 0.25) is 0 Å². The molecular weight excluding hydrogens is 412 g/mol. The molecule has 0 radical (unpaired) electrons. The maximum absolute atomic E-state index is 12.5. The van der Waals surface area contributed by atoms with Gasteiger partial charge in [-0.1, -0.05) is 50.1 Å². The molecule has 4 rings (SSSR count). The van der Waals surface area contributed by atoms with Gasteiger partial charge < -0.3 is 9.47 Å². The molecule has 31 heavy (non-hydrogen) atoms. The Labute approximate surface area is 185 Å². The molecule has 0 saturated carbocycles. The topological polar surface area (TPSA) is 68.7 Å². The van der Waals surface area contributed by atoms with Gasteiger partial charge >= 0.3 is 5.97 Å². The summed E-state index contributed by atoms with van der Waals surface area (Å²) in [5, 5.41) is 2.91. The third-order valence-electron chi connectivity index (χ3n) is 5.02. The summed E-state index contributed by atoms with van der Waals surface area (Å²) in [6.45, 7) is 2.24. The van der Waals surface area contributed by atoms with E-state index in [0.717, 1.165) is 41.1 Å². The molecule has 7 heteroatoms. The molecule has 0 atom stereocenters. The number of anilines is 1. The van der Waals surface area contributed by atoms with E-state index in [1.807, 2.05) is 53.9 Å². The highest BCUT2D eigenvalue weighted by atomic mass is 32.1. The zero-order chi connectivity index (χ0) is 21.6. The molecule has 0 saturated heterocycles. The van der Waals surface area contributed by atoms with Crippen LogP contribution in [0, 0.1) is 0 Å². The van der Waals surface area contributed by atoms with E-state index < -0.39 is 5.97 Å². The SMILES string of the molecule is CCCCCOC(=O)CN1C(=O)COc2ccc(-c3csc(-c4ccccc4)n3)cc21. The highest BCUT2D eigenvalue weighted by Gasteiger charge is 2.28. The predicted octanol–water partition coefficient (Wildman–Crippen LogP) is 4.94. The van der Waals surface area contributed by atoms with Crippen LogP contribution in [0.4, 0.5) is 5.69 Å². The lowest BCUT2D eigenvalue weighted by Gasteiger charge is -2.29. The molecule has 1 aliphatic rings. The molecular formula is C24H24N2O4S. The van der Waals surface area contributed by atoms with Gasteiger partial charge in [0.15, 0.2) is 6.61 Å². The van der Waals surface area contributed by atoms with Crippen molar-refractivity contribution in [3.63, 3.8) is 0 Å². The van der Waals surface area contributed by atoms with E-state index in [-0.39, 0.29) is 19.1 Å². The summed E-state index contributed by atoms with van der Waals surface area (Å²) in [5.41, 5.74) is 3.29. The van der Waals surface area contributed by atoms with Crippen LogP contribution < -0.4 is 9.64 Å². The number of amides is 1. The number of hydrogen-bond acceptors (Lipinski definition) is 6. The van der Waals surface area contributed by atoms with Crippen molar-refractivity contribution in [3.8, 4) is 27.6 Å². The fourth-order valence-electron chi connectivity index (χ4n) is 3.37. The molecule has 0 aliphatic carbocycles. The fourth-order valence-corrected chi connectivity index (χ4v) is 4.20. The van der Waals surface area contributed by atoms with Crippen LogP contribution in [-0.2, 0) is 14.3 Å². The standard InChI is InChI=1S/C24H24N2O4S/c1-2-3-7-12-29-23(28)14-26-20-13-18(10-11-21(20)30-15-22(26)27)19-16-31-24(25-19)17-8-5-4-6-9-17/h4-6,8-11,13,16H,2-3,7,12,14-15H2,1H3. The number of thiazole rings is 1. The zero-order valence-electron chi connectivity index (χ0n) is 17.4. The average molecular weight is 437 g/mol. The van der Waals surface area contributed by atoms with Crippen molar-refractivity contribution in [1.82, 2.24) is 4.98 Å². The third-order valence-corrected chi connectivity index (χ3v) is 5.91. The first-order valence-corrected chi connectivity index (χ1v) is 11.3. The Kier molecular flexibility index (Phi) is 6.62. The molecule has 6 nitrogen and oxygen atoms in total. The molecule has 0 spiro atoms. The Hall–Kier alpha value is -3.19. The summed E-state index contributed by atoms with van der Waals surface area (Å²) in [7, 11) is 0. The number of unbranched alkanes of at least 4 members (excludes halogenated alkanes) is 2. The van der Waals surface area contributed by atoms with Gasteiger partial charge in [0.25, 0.3) is 5.91 Å². The van der Waals surface area contributed by atoms with Crippen molar-refractivity contribution in [2.75, 3.05) is 24.7 Å². The lowest BCUT2D eigenvalue weighted by Crippen LogP contribution is -2.42. The molecule has 2 aromatic carbocycles. The van der Waals surface area contributed by atoms with Crippen LogP contribution in [0.3, 0.4) is 0 Å². The molecule has 2 heterocycles. The van der Waals surface area contributed by atoms with Gasteiger partial charge in [-0.25, -0.2) is 4.98 Å². The highest BCUT2D eigenvalue weighted by molar-refractivity contribution is 7.13. The summed E-state index contributed by atoms with van der Waals surface area (Å²) in [5.74, 6) is -0.109. The van der Waals surface area contributed by atoms with E-state index in [1.54, 1.807) is 11.3 Å². The average Bonchev–Trinajstić information content (AvgIpc) is 3.29. The molecule has 1 aliphatic heterocycles. The summed E-state index contributed by atoms with van der Waals surface area (Å²) < 4.78 is 10.9. The van der Waals surface area contributed by atoms with E-state index in [0.29, 0.717) is 18.0 Å². The number of rotatable bonds is 8. The lowest BCUT2D eigenvalue weighted by atomic mass is 10.1. The van der Waals surface area contributed by atoms with Crippen molar-refractivity contribution >= 4 is 28.9 Å². The Balaban J connectivity index is 1.54. The second-order valence-corrected chi connectivity index (χ2v) is 8.14. The van der Waals surface area contributed by atoms with Crippen molar-refractivity contribution < 1.29 is 19.1 Å². The monoisotopic (exact) mass is 436 g/mol. The van der Waals surface area contributed by atoms with Gasteiger partial charge in [0.1, 0.15) is 17.3 Å². The van der Waals surface area contributed by atoms with Crippen LogP contribution in [0.5, 0.6) is 5.75 Å². The fraction of sp³-hybridized carbons (Fsp3) is 0.292. The normalized spacial score (nSPS) is 12.9. The van der Waals surface area contributed by atoms with Crippen molar-refractivity contribution in [1.29, 1.82) is 0 Å². The number of benzene rings is 2. The summed E-state index contributed by atoms with van der Waals surface area (Å²) in [4.78, 5) is 30.9. The van der Waals surface area contributed by atoms with Gasteiger partial charge in [-0.3, -0.25) is 14.5 Å². The first kappa shape index (κ1) is 21.1. The number of ether oxygens (including phenoxy) is 2. The maximum atomic E-state index is 12.5. The van der Waals surface area contributed by atoms with E-state index in [2.05, 4.69) is 6.92 Å². The number of nitrogens with zero attached hydrogens (tertiary/aromatic N) is 2. The van der Waals surface area contributed by atoms with Crippen LogP contribution in [0.15, 0.2) is 53.9 Å². The van der Waals surface area contributed by atoms with E-state index >= 15 is 0 Å². The van der Waals surface area contributed by atoms with E-state index in [9.17, 15) is 9.59 Å². The van der Waals surface area contributed by atoms with E-state index in [4.69, 9.17) is 14.5 Å². The van der Waals surface area contributed by atoms with Crippen LogP contribution >= 0.6 is 11.3 Å². The van der Waals surface area contributed by atoms with Crippen molar-refractivity contribution in [2.45, 2.75) is 26.2 Å². The van der Waals surface area contributed by atoms with Gasteiger partial charge in [0, 0.05) is 16.5 Å². The van der Waals surface area contributed by atoms with Crippen LogP contribution in [0.1, 0.15) is 26.2 Å². The van der Waals surface area contributed by atoms with Crippen molar-refractivity contribution in [3.05, 3.63) is 53.9 Å². The zero-order valence-corrected chi connectivity index (χ0v) is 18.2. The van der Waals surface area contributed by atoms with Gasteiger partial charge in [-0.2, -0.15) is 0 Å². The number of esters is 1. The predicted molar refractivity (Wildman–Crippen MR) is 121 cm³/mol. The van der Waals surface area contributed by atoms with Crippen LogP contribution in [0.25, 0.3) is 21.8 Å². The smallest absolute Gasteiger partial charge is 0.326 e. The Bertz CT molecular complexity index is 1060. The molecule has 0 N–H and O–H groups in total. The van der Waals surface area contributed by atoms with Crippen LogP contribution in [-0.4, -0.2) is 36.6 Å². The second kappa shape index (κ2) is 9.75. The van der Waals surface area contributed by atoms with Gasteiger partial charge in [0.2, 0.25) is 0 Å². The quantitative estimate of drug-likeness (QED) is 0.370. The molecule has 1 aromatic heterocycles. The van der Waals surface area contributed by atoms with Gasteiger partial charge in [0.05, 0.1) is 18.0 Å². The first-order chi connectivity index (χ1) is 15.2. The number of carbonyl (C=O) groups is 2. The van der Waals surface area contributed by atoms with E-state index in [1.165, 1.54) is 4.90 Å². The Morgan fingerprint density at radius 2 is 2.00 bits per heavy atom. The summed E-state index contributed by atoms with van der Waals surface area (Å²) in [6, 6.07) is 15.6. The summed E-state index contributed by atoms with van der Waals surface area (Å²) >= 11 is 1.56. The van der Waals surface area contributed by atoms with Crippen molar-refractivity contribution in [2.24, 2.45) is 0 Å². The lowest BCUT2D eigenvalue weighted by molar-refractivity contribution is -0.143. The second-order valence-electron chi connectivity index (χ2n) is 7.28. The molecule has 3 aromatic rings. The summed E-state index contributed by atoms with van der Waals surface area (Å²) in [6.07, 6.45) is 2.89. The minimum absolute atomic E-state index is 0.0929. The molecule has 0 unspecified atom stereocenters. The largest absolute Gasteiger partial charge is 0.482 e. The maximum Gasteiger partial charge on any atom is 0.326 e. The number of fused-ring (bicyclic) bond motifs is 1. The van der Waals surface area contributed by atoms with Gasteiger partial charge in [-0.15, -0.1) is 11.3 Å². The minimum Gasteiger partial charge on any atom is -0.482 e. The number of aromatic nitrogens is 1. The Morgan fingerprint density at radius 3 is 2.81 bits per heavy atom. The van der Waals surface area contributed by atoms with Gasteiger partial charge in [-0.05, 0) is 24.6 Å². The molecule has 1 amide bonds. The number of carbonyl (C=O) groups excluding carboxylic acids is 2. The molecule has 0 bridgehead atoms. The first-order valence-electron chi connectivity index (χ1n) is 10.4.